The lowest BCUT2D eigenvalue weighted by Gasteiger charge is -2.31. The molecule has 1 aliphatic rings. The summed E-state index contributed by atoms with van der Waals surface area (Å²) in [4.78, 5) is 7.12. The fraction of sp³-hybridized carbons (Fsp3) is 0.600. The number of nitrogens with one attached hydrogen (secondary N) is 1. The van der Waals surface area contributed by atoms with Crippen LogP contribution < -0.4 is 10.2 Å². The van der Waals surface area contributed by atoms with Crippen LogP contribution in [0.25, 0.3) is 5.65 Å². The molecule has 3 heterocycles. The summed E-state index contributed by atoms with van der Waals surface area (Å²) in [5, 5.41) is 7.83. The number of hydrogen-bond acceptors (Lipinski definition) is 4. The zero-order valence-corrected chi connectivity index (χ0v) is 12.1. The highest BCUT2D eigenvalue weighted by atomic mass is 15.3. The minimum Gasteiger partial charge on any atom is -0.355 e. The Morgan fingerprint density at radius 2 is 2.35 bits per heavy atom. The molecule has 1 atom stereocenters. The SMILES string of the molecule is CCCN(CC1CCCCN1)c1ccn2nccc2n1. The van der Waals surface area contributed by atoms with Crippen LogP contribution in [0.4, 0.5) is 5.82 Å². The first-order valence-electron chi connectivity index (χ1n) is 7.65. The Labute approximate surface area is 120 Å². The van der Waals surface area contributed by atoms with E-state index in [2.05, 4.69) is 28.3 Å². The number of hydrogen-bond donors (Lipinski definition) is 1. The number of nitrogens with zero attached hydrogens (tertiary/aromatic N) is 4. The average Bonchev–Trinajstić information content (AvgIpc) is 2.95. The van der Waals surface area contributed by atoms with Gasteiger partial charge in [-0.15, -0.1) is 0 Å². The number of aromatic nitrogens is 3. The van der Waals surface area contributed by atoms with Gasteiger partial charge in [0.1, 0.15) is 5.82 Å². The highest BCUT2D eigenvalue weighted by Gasteiger charge is 2.17. The second-order valence-electron chi connectivity index (χ2n) is 5.51. The first kappa shape index (κ1) is 13.4. The smallest absolute Gasteiger partial charge is 0.157 e. The van der Waals surface area contributed by atoms with Crippen LogP contribution in [0.15, 0.2) is 24.5 Å². The molecular weight excluding hydrogens is 250 g/mol. The molecule has 20 heavy (non-hydrogen) atoms. The highest BCUT2D eigenvalue weighted by Crippen LogP contribution is 2.16. The second kappa shape index (κ2) is 6.22. The average molecular weight is 273 g/mol. The van der Waals surface area contributed by atoms with E-state index in [-0.39, 0.29) is 0 Å². The van der Waals surface area contributed by atoms with Gasteiger partial charge in [-0.05, 0) is 31.9 Å². The topological polar surface area (TPSA) is 45.5 Å². The predicted molar refractivity (Wildman–Crippen MR) is 81.1 cm³/mol. The Morgan fingerprint density at radius 1 is 1.40 bits per heavy atom. The van der Waals surface area contributed by atoms with Crippen molar-refractivity contribution in [1.82, 2.24) is 19.9 Å². The van der Waals surface area contributed by atoms with E-state index in [4.69, 9.17) is 4.98 Å². The first-order chi connectivity index (χ1) is 9.86. The van der Waals surface area contributed by atoms with Gasteiger partial charge < -0.3 is 10.2 Å². The van der Waals surface area contributed by atoms with Gasteiger partial charge in [0, 0.05) is 31.4 Å². The van der Waals surface area contributed by atoms with E-state index in [1.165, 1.54) is 19.3 Å². The van der Waals surface area contributed by atoms with E-state index in [0.717, 1.165) is 37.5 Å². The van der Waals surface area contributed by atoms with E-state index < -0.39 is 0 Å². The van der Waals surface area contributed by atoms with Crippen LogP contribution in [-0.2, 0) is 0 Å². The maximum atomic E-state index is 4.72. The molecule has 108 valence electrons. The Morgan fingerprint density at radius 3 is 3.15 bits per heavy atom. The Balaban J connectivity index is 1.77. The third-order valence-electron chi connectivity index (χ3n) is 3.91. The predicted octanol–water partition coefficient (Wildman–Crippen LogP) is 2.09. The molecule has 1 fully saturated rings. The van der Waals surface area contributed by atoms with Crippen molar-refractivity contribution in [3.8, 4) is 0 Å². The molecule has 0 bridgehead atoms. The number of rotatable bonds is 5. The molecule has 1 aliphatic heterocycles. The number of piperidine rings is 1. The quantitative estimate of drug-likeness (QED) is 0.906. The fourth-order valence-corrected chi connectivity index (χ4v) is 2.89. The highest BCUT2D eigenvalue weighted by molar-refractivity contribution is 5.47. The van der Waals surface area contributed by atoms with Gasteiger partial charge in [0.15, 0.2) is 5.65 Å². The molecule has 2 aromatic heterocycles. The van der Waals surface area contributed by atoms with Gasteiger partial charge >= 0.3 is 0 Å². The van der Waals surface area contributed by atoms with Crippen LogP contribution in [0, 0.1) is 0 Å². The molecule has 5 nitrogen and oxygen atoms in total. The van der Waals surface area contributed by atoms with Crippen LogP contribution in [0.1, 0.15) is 32.6 Å². The fourth-order valence-electron chi connectivity index (χ4n) is 2.89. The molecule has 0 spiro atoms. The zero-order chi connectivity index (χ0) is 13.8. The van der Waals surface area contributed by atoms with Crippen LogP contribution >= 0.6 is 0 Å². The monoisotopic (exact) mass is 273 g/mol. The van der Waals surface area contributed by atoms with Gasteiger partial charge in [0.05, 0.1) is 6.20 Å². The van der Waals surface area contributed by atoms with Crippen LogP contribution in [0.3, 0.4) is 0 Å². The largest absolute Gasteiger partial charge is 0.355 e. The van der Waals surface area contributed by atoms with Crippen LogP contribution in [0.5, 0.6) is 0 Å². The van der Waals surface area contributed by atoms with E-state index in [1.54, 1.807) is 6.20 Å². The lowest BCUT2D eigenvalue weighted by atomic mass is 10.0. The van der Waals surface area contributed by atoms with Gasteiger partial charge in [-0.1, -0.05) is 13.3 Å². The summed E-state index contributed by atoms with van der Waals surface area (Å²) < 4.78 is 1.81. The summed E-state index contributed by atoms with van der Waals surface area (Å²) in [5.74, 6) is 1.06. The Bertz CT molecular complexity index is 544. The molecule has 1 N–H and O–H groups in total. The molecule has 0 amide bonds. The minimum absolute atomic E-state index is 0.596. The molecule has 2 aromatic rings. The van der Waals surface area contributed by atoms with Crippen molar-refractivity contribution in [3.05, 3.63) is 24.5 Å². The summed E-state index contributed by atoms with van der Waals surface area (Å²) in [5.41, 5.74) is 0.917. The van der Waals surface area contributed by atoms with Crippen molar-refractivity contribution in [2.75, 3.05) is 24.5 Å². The van der Waals surface area contributed by atoms with Gasteiger partial charge in [-0.25, -0.2) is 9.50 Å². The second-order valence-corrected chi connectivity index (χ2v) is 5.51. The summed E-state index contributed by atoms with van der Waals surface area (Å²) >= 11 is 0. The molecule has 3 rings (SSSR count). The minimum atomic E-state index is 0.596. The molecule has 1 saturated heterocycles. The van der Waals surface area contributed by atoms with Crippen LogP contribution in [-0.4, -0.2) is 40.3 Å². The lowest BCUT2D eigenvalue weighted by molar-refractivity contribution is 0.398. The number of anilines is 1. The summed E-state index contributed by atoms with van der Waals surface area (Å²) in [6.45, 7) is 5.47. The van der Waals surface area contributed by atoms with Gasteiger partial charge in [0.25, 0.3) is 0 Å². The third-order valence-corrected chi connectivity index (χ3v) is 3.91. The molecule has 1 unspecified atom stereocenters. The van der Waals surface area contributed by atoms with E-state index in [9.17, 15) is 0 Å². The first-order valence-corrected chi connectivity index (χ1v) is 7.65. The molecule has 5 heteroatoms. The van der Waals surface area contributed by atoms with Crippen molar-refractivity contribution in [1.29, 1.82) is 0 Å². The molecule has 0 aromatic carbocycles. The molecule has 0 saturated carbocycles. The van der Waals surface area contributed by atoms with Crippen molar-refractivity contribution < 1.29 is 0 Å². The van der Waals surface area contributed by atoms with Crippen molar-refractivity contribution in [2.24, 2.45) is 0 Å². The Kier molecular flexibility index (Phi) is 4.16. The van der Waals surface area contributed by atoms with Crippen molar-refractivity contribution in [3.63, 3.8) is 0 Å². The van der Waals surface area contributed by atoms with Gasteiger partial charge in [0.2, 0.25) is 0 Å². The van der Waals surface area contributed by atoms with E-state index in [0.29, 0.717) is 6.04 Å². The lowest BCUT2D eigenvalue weighted by Crippen LogP contribution is -2.44. The zero-order valence-electron chi connectivity index (χ0n) is 12.1. The summed E-state index contributed by atoms with van der Waals surface area (Å²) in [6, 6.07) is 4.61. The summed E-state index contributed by atoms with van der Waals surface area (Å²) in [7, 11) is 0. The van der Waals surface area contributed by atoms with Crippen molar-refractivity contribution in [2.45, 2.75) is 38.6 Å². The Hall–Kier alpha value is -1.62. The number of fused-ring (bicyclic) bond motifs is 1. The standard InChI is InChI=1S/C15H23N5/c1-2-10-19(12-13-5-3-4-8-16-13)14-7-11-20-15(18-14)6-9-17-20/h6-7,9,11,13,16H,2-5,8,10,12H2,1H3. The van der Waals surface area contributed by atoms with E-state index >= 15 is 0 Å². The van der Waals surface area contributed by atoms with Gasteiger partial charge in [-0.2, -0.15) is 5.10 Å². The molecule has 0 radical (unpaired) electrons. The maximum Gasteiger partial charge on any atom is 0.157 e. The normalized spacial score (nSPS) is 19.4. The van der Waals surface area contributed by atoms with Crippen LogP contribution in [0.2, 0.25) is 0 Å². The summed E-state index contributed by atoms with van der Waals surface area (Å²) in [6.07, 6.45) is 8.85. The molecular formula is C15H23N5. The third kappa shape index (κ3) is 2.93. The van der Waals surface area contributed by atoms with Gasteiger partial charge in [-0.3, -0.25) is 0 Å². The maximum absolute atomic E-state index is 4.72. The van der Waals surface area contributed by atoms with E-state index in [1.807, 2.05) is 16.8 Å². The molecule has 0 aliphatic carbocycles. The van der Waals surface area contributed by atoms with Crippen molar-refractivity contribution >= 4 is 11.5 Å².